The Morgan fingerprint density at radius 1 is 1.17 bits per heavy atom. The molecule has 2 aliphatic heterocycles. The molecule has 1 amide bonds. The fourth-order valence-electron chi connectivity index (χ4n) is 4.02. The first-order chi connectivity index (χ1) is 8.34. The van der Waals surface area contributed by atoms with E-state index in [9.17, 15) is 4.79 Å². The zero-order valence-corrected chi connectivity index (χ0v) is 11.9. The number of amides is 1. The number of likely N-dealkylation sites (tertiary alicyclic amines) is 1. The minimum Gasteiger partial charge on any atom is -0.339 e. The number of hydrogen-bond acceptors (Lipinski definition) is 2. The summed E-state index contributed by atoms with van der Waals surface area (Å²) in [6, 6.07) is 0.602. The molecule has 1 saturated carbocycles. The predicted octanol–water partition coefficient (Wildman–Crippen LogP) is 2.20. The van der Waals surface area contributed by atoms with Crippen LogP contribution in [0.3, 0.4) is 0 Å². The lowest BCUT2D eigenvalue weighted by Gasteiger charge is -2.38. The number of piperidine rings is 1. The summed E-state index contributed by atoms with van der Waals surface area (Å²) < 4.78 is 0. The summed E-state index contributed by atoms with van der Waals surface area (Å²) in [7, 11) is 0. The van der Waals surface area contributed by atoms with Crippen LogP contribution in [0, 0.1) is 11.8 Å². The standard InChI is InChI=1S/C14H24N2O.ClH/c17-14(9-11-6-7-15-10-11)16-8-2-4-12-3-1-5-13(12)16;/h11-13,15H,1-10H2;1H. The molecule has 0 aromatic heterocycles. The van der Waals surface area contributed by atoms with Crippen LogP contribution in [0.25, 0.3) is 0 Å². The van der Waals surface area contributed by atoms with Crippen molar-refractivity contribution in [2.75, 3.05) is 19.6 Å². The fourth-order valence-corrected chi connectivity index (χ4v) is 4.02. The number of fused-ring (bicyclic) bond motifs is 1. The van der Waals surface area contributed by atoms with Crippen molar-refractivity contribution in [3.8, 4) is 0 Å². The van der Waals surface area contributed by atoms with Gasteiger partial charge in [-0.2, -0.15) is 0 Å². The van der Waals surface area contributed by atoms with Crippen molar-refractivity contribution in [3.63, 3.8) is 0 Å². The summed E-state index contributed by atoms with van der Waals surface area (Å²) in [6.07, 6.45) is 8.53. The van der Waals surface area contributed by atoms with Gasteiger partial charge < -0.3 is 10.2 Å². The van der Waals surface area contributed by atoms with Crippen LogP contribution in [-0.4, -0.2) is 36.5 Å². The molecule has 104 valence electrons. The Morgan fingerprint density at radius 3 is 2.78 bits per heavy atom. The second-order valence-corrected chi connectivity index (χ2v) is 6.05. The highest BCUT2D eigenvalue weighted by Gasteiger charge is 2.37. The van der Waals surface area contributed by atoms with Crippen LogP contribution in [-0.2, 0) is 4.79 Å². The highest BCUT2D eigenvalue weighted by Crippen LogP contribution is 2.37. The van der Waals surface area contributed by atoms with Crippen molar-refractivity contribution in [3.05, 3.63) is 0 Å². The average molecular weight is 273 g/mol. The van der Waals surface area contributed by atoms with Gasteiger partial charge in [0.25, 0.3) is 0 Å². The van der Waals surface area contributed by atoms with Gasteiger partial charge in [0.05, 0.1) is 0 Å². The monoisotopic (exact) mass is 272 g/mol. The molecule has 4 heteroatoms. The van der Waals surface area contributed by atoms with E-state index >= 15 is 0 Å². The highest BCUT2D eigenvalue weighted by molar-refractivity contribution is 5.85. The largest absolute Gasteiger partial charge is 0.339 e. The molecule has 3 unspecified atom stereocenters. The minimum absolute atomic E-state index is 0. The lowest BCUT2D eigenvalue weighted by molar-refractivity contribution is -0.136. The van der Waals surface area contributed by atoms with Crippen LogP contribution in [0.5, 0.6) is 0 Å². The first-order valence-electron chi connectivity index (χ1n) is 7.35. The van der Waals surface area contributed by atoms with E-state index in [2.05, 4.69) is 10.2 Å². The third-order valence-electron chi connectivity index (χ3n) is 4.94. The molecule has 3 aliphatic rings. The van der Waals surface area contributed by atoms with Crippen molar-refractivity contribution in [1.29, 1.82) is 0 Å². The molecule has 3 nitrogen and oxygen atoms in total. The van der Waals surface area contributed by atoms with E-state index in [4.69, 9.17) is 0 Å². The molecule has 0 aromatic carbocycles. The van der Waals surface area contributed by atoms with Gasteiger partial charge in [-0.15, -0.1) is 12.4 Å². The van der Waals surface area contributed by atoms with Crippen LogP contribution in [0.4, 0.5) is 0 Å². The Balaban J connectivity index is 0.00000120. The van der Waals surface area contributed by atoms with Crippen molar-refractivity contribution in [1.82, 2.24) is 10.2 Å². The van der Waals surface area contributed by atoms with Crippen molar-refractivity contribution in [2.24, 2.45) is 11.8 Å². The van der Waals surface area contributed by atoms with Crippen molar-refractivity contribution < 1.29 is 4.79 Å². The summed E-state index contributed by atoms with van der Waals surface area (Å²) in [5.74, 6) is 1.87. The quantitative estimate of drug-likeness (QED) is 0.836. The Hall–Kier alpha value is -0.280. The topological polar surface area (TPSA) is 32.3 Å². The average Bonchev–Trinajstić information content (AvgIpc) is 2.97. The summed E-state index contributed by atoms with van der Waals surface area (Å²) in [4.78, 5) is 14.6. The van der Waals surface area contributed by atoms with Gasteiger partial charge in [0.2, 0.25) is 5.91 Å². The molecule has 2 saturated heterocycles. The van der Waals surface area contributed by atoms with Gasteiger partial charge in [-0.05, 0) is 57.0 Å². The zero-order valence-electron chi connectivity index (χ0n) is 11.1. The lowest BCUT2D eigenvalue weighted by atomic mass is 9.91. The highest BCUT2D eigenvalue weighted by atomic mass is 35.5. The fraction of sp³-hybridized carbons (Fsp3) is 0.929. The van der Waals surface area contributed by atoms with Gasteiger partial charge in [-0.25, -0.2) is 0 Å². The molecule has 2 heterocycles. The zero-order chi connectivity index (χ0) is 11.7. The van der Waals surface area contributed by atoms with E-state index in [0.717, 1.165) is 32.0 Å². The predicted molar refractivity (Wildman–Crippen MR) is 74.9 cm³/mol. The normalized spacial score (nSPS) is 35.1. The van der Waals surface area contributed by atoms with Gasteiger partial charge >= 0.3 is 0 Å². The van der Waals surface area contributed by atoms with E-state index in [1.807, 2.05) is 0 Å². The molecular weight excluding hydrogens is 248 g/mol. The van der Waals surface area contributed by atoms with E-state index in [0.29, 0.717) is 17.9 Å². The van der Waals surface area contributed by atoms with E-state index in [1.54, 1.807) is 0 Å². The van der Waals surface area contributed by atoms with Crippen molar-refractivity contribution in [2.45, 2.75) is 51.0 Å². The summed E-state index contributed by atoms with van der Waals surface area (Å²) in [5.41, 5.74) is 0. The molecule has 18 heavy (non-hydrogen) atoms. The van der Waals surface area contributed by atoms with Crippen LogP contribution in [0.15, 0.2) is 0 Å². The molecule has 0 radical (unpaired) electrons. The third-order valence-corrected chi connectivity index (χ3v) is 4.94. The van der Waals surface area contributed by atoms with Gasteiger partial charge in [0, 0.05) is 19.0 Å². The molecule has 3 rings (SSSR count). The lowest BCUT2D eigenvalue weighted by Crippen LogP contribution is -2.46. The van der Waals surface area contributed by atoms with Crippen molar-refractivity contribution >= 4 is 18.3 Å². The SMILES string of the molecule is Cl.O=C(CC1CCNC1)N1CCCC2CCCC21. The number of nitrogens with one attached hydrogen (secondary N) is 1. The molecule has 3 atom stereocenters. The minimum atomic E-state index is 0. The van der Waals surface area contributed by atoms with Gasteiger partial charge in [-0.3, -0.25) is 4.79 Å². The molecule has 0 spiro atoms. The second kappa shape index (κ2) is 6.25. The van der Waals surface area contributed by atoms with E-state index in [-0.39, 0.29) is 12.4 Å². The molecular formula is C14H25ClN2O. The Kier molecular flexibility index (Phi) is 4.91. The molecule has 1 N–H and O–H groups in total. The Labute approximate surface area is 116 Å². The molecule has 1 aliphatic carbocycles. The first kappa shape index (κ1) is 14.1. The van der Waals surface area contributed by atoms with Gasteiger partial charge in [0.1, 0.15) is 0 Å². The van der Waals surface area contributed by atoms with Crippen LogP contribution in [0.1, 0.15) is 44.9 Å². The number of rotatable bonds is 2. The van der Waals surface area contributed by atoms with E-state index in [1.165, 1.54) is 38.5 Å². The van der Waals surface area contributed by atoms with Crippen LogP contribution < -0.4 is 5.32 Å². The number of carbonyl (C=O) groups is 1. The summed E-state index contributed by atoms with van der Waals surface area (Å²) in [5, 5.41) is 3.36. The summed E-state index contributed by atoms with van der Waals surface area (Å²) >= 11 is 0. The second-order valence-electron chi connectivity index (χ2n) is 6.05. The third kappa shape index (κ3) is 2.83. The number of carbonyl (C=O) groups excluding carboxylic acids is 1. The Morgan fingerprint density at radius 2 is 2.00 bits per heavy atom. The smallest absolute Gasteiger partial charge is 0.223 e. The molecule has 0 bridgehead atoms. The number of nitrogens with zero attached hydrogens (tertiary/aromatic N) is 1. The van der Waals surface area contributed by atoms with Crippen LogP contribution in [0.2, 0.25) is 0 Å². The maximum atomic E-state index is 12.4. The summed E-state index contributed by atoms with van der Waals surface area (Å²) in [6.45, 7) is 3.18. The van der Waals surface area contributed by atoms with Crippen LogP contribution >= 0.6 is 12.4 Å². The number of hydrogen-bond donors (Lipinski definition) is 1. The molecule has 0 aromatic rings. The maximum absolute atomic E-state index is 12.4. The number of halogens is 1. The maximum Gasteiger partial charge on any atom is 0.223 e. The Bertz CT molecular complexity index is 292. The van der Waals surface area contributed by atoms with Gasteiger partial charge in [-0.1, -0.05) is 6.42 Å². The van der Waals surface area contributed by atoms with Gasteiger partial charge in [0.15, 0.2) is 0 Å². The first-order valence-corrected chi connectivity index (χ1v) is 7.35. The van der Waals surface area contributed by atoms with E-state index < -0.39 is 0 Å². The molecule has 3 fully saturated rings.